The van der Waals surface area contributed by atoms with E-state index in [1.165, 1.54) is 19.3 Å². The van der Waals surface area contributed by atoms with E-state index in [9.17, 15) is 0 Å². The van der Waals surface area contributed by atoms with E-state index in [-0.39, 0.29) is 0 Å². The van der Waals surface area contributed by atoms with Crippen LogP contribution in [0, 0.1) is 0 Å². The van der Waals surface area contributed by atoms with Gasteiger partial charge in [-0.15, -0.1) is 6.58 Å². The van der Waals surface area contributed by atoms with Crippen molar-refractivity contribution in [3.63, 3.8) is 0 Å². The van der Waals surface area contributed by atoms with Gasteiger partial charge in [-0.05, 0) is 32.6 Å². The van der Waals surface area contributed by atoms with Gasteiger partial charge in [0.05, 0.1) is 5.71 Å². The van der Waals surface area contributed by atoms with E-state index in [2.05, 4.69) is 11.7 Å². The molecule has 74 valence electrons. The first-order valence-electron chi connectivity index (χ1n) is 5.13. The second kappa shape index (κ2) is 5.79. The number of oxime groups is 1. The highest BCUT2D eigenvalue weighted by Gasteiger charge is 2.16. The fraction of sp³-hybridized carbons (Fsp3) is 0.727. The average Bonchev–Trinajstić information content (AvgIpc) is 2.51. The normalized spacial score (nSPS) is 21.0. The van der Waals surface area contributed by atoms with E-state index >= 15 is 0 Å². The first kappa shape index (κ1) is 10.3. The highest BCUT2D eigenvalue weighted by atomic mass is 16.6. The standard InChI is InChI=1S/C11H19NO/c1-3-4-5-6-7-8-11-9-10(2)12-13-11/h3,11H,1,4-9H2,2H3. The van der Waals surface area contributed by atoms with E-state index in [4.69, 9.17) is 4.84 Å². The minimum Gasteiger partial charge on any atom is -0.392 e. The lowest BCUT2D eigenvalue weighted by molar-refractivity contribution is 0.0771. The maximum Gasteiger partial charge on any atom is 0.132 e. The second-order valence-electron chi connectivity index (χ2n) is 3.68. The maximum absolute atomic E-state index is 5.24. The van der Waals surface area contributed by atoms with Crippen molar-refractivity contribution in [1.82, 2.24) is 0 Å². The van der Waals surface area contributed by atoms with E-state index < -0.39 is 0 Å². The molecule has 1 rings (SSSR count). The van der Waals surface area contributed by atoms with Gasteiger partial charge in [0.1, 0.15) is 6.10 Å². The van der Waals surface area contributed by atoms with Crippen LogP contribution < -0.4 is 0 Å². The van der Waals surface area contributed by atoms with E-state index in [0.29, 0.717) is 6.10 Å². The third-order valence-electron chi connectivity index (χ3n) is 2.32. The Morgan fingerprint density at radius 1 is 1.54 bits per heavy atom. The molecule has 0 radical (unpaired) electrons. The topological polar surface area (TPSA) is 21.6 Å². The number of rotatable bonds is 6. The molecule has 1 aliphatic rings. The summed E-state index contributed by atoms with van der Waals surface area (Å²) in [4.78, 5) is 5.24. The van der Waals surface area contributed by atoms with Gasteiger partial charge in [-0.1, -0.05) is 17.7 Å². The molecule has 0 aromatic carbocycles. The fourth-order valence-corrected chi connectivity index (χ4v) is 1.56. The molecule has 0 N–H and O–H groups in total. The third kappa shape index (κ3) is 4.11. The zero-order chi connectivity index (χ0) is 9.52. The molecular weight excluding hydrogens is 162 g/mol. The van der Waals surface area contributed by atoms with Crippen LogP contribution in [0.4, 0.5) is 0 Å². The van der Waals surface area contributed by atoms with Crippen molar-refractivity contribution in [1.29, 1.82) is 0 Å². The third-order valence-corrected chi connectivity index (χ3v) is 2.32. The van der Waals surface area contributed by atoms with Crippen LogP contribution in [-0.4, -0.2) is 11.8 Å². The lowest BCUT2D eigenvalue weighted by Gasteiger charge is -2.06. The Kier molecular flexibility index (Phi) is 4.58. The fourth-order valence-electron chi connectivity index (χ4n) is 1.56. The molecule has 0 amide bonds. The molecule has 13 heavy (non-hydrogen) atoms. The van der Waals surface area contributed by atoms with Crippen LogP contribution in [0.15, 0.2) is 17.8 Å². The number of hydrogen-bond acceptors (Lipinski definition) is 2. The smallest absolute Gasteiger partial charge is 0.132 e. The molecule has 0 saturated heterocycles. The van der Waals surface area contributed by atoms with Crippen molar-refractivity contribution in [2.24, 2.45) is 5.16 Å². The molecule has 2 nitrogen and oxygen atoms in total. The largest absolute Gasteiger partial charge is 0.392 e. The Balaban J connectivity index is 1.92. The van der Waals surface area contributed by atoms with Crippen molar-refractivity contribution in [3.8, 4) is 0 Å². The zero-order valence-corrected chi connectivity index (χ0v) is 8.46. The van der Waals surface area contributed by atoms with Crippen LogP contribution in [0.5, 0.6) is 0 Å². The van der Waals surface area contributed by atoms with Gasteiger partial charge >= 0.3 is 0 Å². The molecule has 1 atom stereocenters. The van der Waals surface area contributed by atoms with Gasteiger partial charge in [0.25, 0.3) is 0 Å². The summed E-state index contributed by atoms with van der Waals surface area (Å²) in [6, 6.07) is 0. The summed E-state index contributed by atoms with van der Waals surface area (Å²) in [6.07, 6.45) is 9.46. The number of allylic oxidation sites excluding steroid dienone is 1. The van der Waals surface area contributed by atoms with Crippen molar-refractivity contribution in [2.45, 2.75) is 51.6 Å². The molecule has 0 aromatic rings. The van der Waals surface area contributed by atoms with Crippen LogP contribution in [0.1, 0.15) is 45.4 Å². The van der Waals surface area contributed by atoms with E-state index in [1.54, 1.807) is 0 Å². The highest BCUT2D eigenvalue weighted by molar-refractivity contribution is 5.82. The SMILES string of the molecule is C=CCCCCCC1CC(C)=NO1. The van der Waals surface area contributed by atoms with E-state index in [1.807, 2.05) is 13.0 Å². The molecule has 0 bridgehead atoms. The lowest BCUT2D eigenvalue weighted by Crippen LogP contribution is -2.06. The predicted molar refractivity (Wildman–Crippen MR) is 55.9 cm³/mol. The predicted octanol–water partition coefficient (Wildman–Crippen LogP) is 3.29. The summed E-state index contributed by atoms with van der Waals surface area (Å²) in [5, 5.41) is 3.93. The maximum atomic E-state index is 5.24. The van der Waals surface area contributed by atoms with Crippen LogP contribution in [-0.2, 0) is 4.84 Å². The number of hydrogen-bond donors (Lipinski definition) is 0. The lowest BCUT2D eigenvalue weighted by atomic mass is 10.1. The molecule has 0 saturated carbocycles. The zero-order valence-electron chi connectivity index (χ0n) is 8.46. The van der Waals surface area contributed by atoms with Crippen molar-refractivity contribution in [2.75, 3.05) is 0 Å². The minimum absolute atomic E-state index is 0.365. The van der Waals surface area contributed by atoms with Gasteiger partial charge in [0, 0.05) is 6.42 Å². The summed E-state index contributed by atoms with van der Waals surface area (Å²) in [5.74, 6) is 0. The molecule has 0 aliphatic carbocycles. The number of unbranched alkanes of at least 4 members (excludes halogenated alkanes) is 3. The van der Waals surface area contributed by atoms with Crippen molar-refractivity contribution in [3.05, 3.63) is 12.7 Å². The second-order valence-corrected chi connectivity index (χ2v) is 3.68. The summed E-state index contributed by atoms with van der Waals surface area (Å²) < 4.78 is 0. The average molecular weight is 181 g/mol. The Hall–Kier alpha value is -0.790. The molecule has 1 heterocycles. The number of nitrogens with zero attached hydrogens (tertiary/aromatic N) is 1. The summed E-state index contributed by atoms with van der Waals surface area (Å²) >= 11 is 0. The monoisotopic (exact) mass is 181 g/mol. The van der Waals surface area contributed by atoms with Crippen LogP contribution in [0.25, 0.3) is 0 Å². The van der Waals surface area contributed by atoms with Gasteiger partial charge in [-0.25, -0.2) is 0 Å². The first-order valence-corrected chi connectivity index (χ1v) is 5.13. The molecule has 0 aromatic heterocycles. The molecule has 2 heteroatoms. The Morgan fingerprint density at radius 2 is 2.38 bits per heavy atom. The van der Waals surface area contributed by atoms with Crippen LogP contribution in [0.3, 0.4) is 0 Å². The van der Waals surface area contributed by atoms with Crippen LogP contribution in [0.2, 0.25) is 0 Å². The molecule has 1 aliphatic heterocycles. The Bertz CT molecular complexity index is 187. The Morgan fingerprint density at radius 3 is 3.00 bits per heavy atom. The summed E-state index contributed by atoms with van der Waals surface area (Å²) in [6.45, 7) is 5.73. The van der Waals surface area contributed by atoms with Gasteiger partial charge in [-0.2, -0.15) is 0 Å². The minimum atomic E-state index is 0.365. The van der Waals surface area contributed by atoms with Crippen molar-refractivity contribution < 1.29 is 4.84 Å². The Labute approximate surface area is 80.7 Å². The highest BCUT2D eigenvalue weighted by Crippen LogP contribution is 2.16. The quantitative estimate of drug-likeness (QED) is 0.455. The summed E-state index contributed by atoms with van der Waals surface area (Å²) in [5.41, 5.74) is 1.14. The summed E-state index contributed by atoms with van der Waals surface area (Å²) in [7, 11) is 0. The molecule has 1 unspecified atom stereocenters. The first-order chi connectivity index (χ1) is 6.33. The van der Waals surface area contributed by atoms with Gasteiger partial charge < -0.3 is 4.84 Å². The van der Waals surface area contributed by atoms with Crippen LogP contribution >= 0.6 is 0 Å². The van der Waals surface area contributed by atoms with Gasteiger partial charge in [-0.3, -0.25) is 0 Å². The molecular formula is C11H19NO. The van der Waals surface area contributed by atoms with Gasteiger partial charge in [0.2, 0.25) is 0 Å². The van der Waals surface area contributed by atoms with E-state index in [0.717, 1.165) is 25.0 Å². The van der Waals surface area contributed by atoms with Gasteiger partial charge in [0.15, 0.2) is 0 Å². The molecule has 0 spiro atoms. The van der Waals surface area contributed by atoms with Crippen molar-refractivity contribution >= 4 is 5.71 Å². The molecule has 0 fully saturated rings.